The molecule has 2 heterocycles. The van der Waals surface area contributed by atoms with Gasteiger partial charge in [0.1, 0.15) is 0 Å². The van der Waals surface area contributed by atoms with Crippen LogP contribution in [0.15, 0.2) is 30.5 Å². The summed E-state index contributed by atoms with van der Waals surface area (Å²) in [4.78, 5) is 4.31. The summed E-state index contributed by atoms with van der Waals surface area (Å²) in [6.45, 7) is 7.15. The molecule has 2 rings (SSSR count). The molecule has 0 radical (unpaired) electrons. The van der Waals surface area contributed by atoms with Crippen LogP contribution in [0.4, 0.5) is 0 Å². The van der Waals surface area contributed by atoms with Gasteiger partial charge in [-0.1, -0.05) is 19.9 Å². The highest BCUT2D eigenvalue weighted by molar-refractivity contribution is 5.14. The molecule has 3 heteroatoms. The molecule has 0 fully saturated rings. The van der Waals surface area contributed by atoms with E-state index in [0.29, 0.717) is 5.92 Å². The van der Waals surface area contributed by atoms with Gasteiger partial charge in [-0.3, -0.25) is 9.67 Å². The first-order valence-electron chi connectivity index (χ1n) is 5.61. The first-order chi connectivity index (χ1) is 7.66. The third kappa shape index (κ3) is 2.30. The van der Waals surface area contributed by atoms with E-state index in [-0.39, 0.29) is 0 Å². The van der Waals surface area contributed by atoms with Gasteiger partial charge in [0.25, 0.3) is 0 Å². The number of aromatic nitrogens is 3. The van der Waals surface area contributed by atoms with E-state index in [1.54, 1.807) is 0 Å². The van der Waals surface area contributed by atoms with Crippen molar-refractivity contribution < 1.29 is 0 Å². The highest BCUT2D eigenvalue weighted by Gasteiger charge is 2.07. The molecule has 2 aromatic heterocycles. The van der Waals surface area contributed by atoms with Crippen LogP contribution in [-0.4, -0.2) is 14.8 Å². The largest absolute Gasteiger partial charge is 0.264 e. The first-order valence-corrected chi connectivity index (χ1v) is 5.61. The van der Waals surface area contributed by atoms with Crippen molar-refractivity contribution in [3.05, 3.63) is 47.5 Å². The third-order valence-electron chi connectivity index (χ3n) is 2.63. The predicted octanol–water partition coefficient (Wildman–Crippen LogP) is 2.76. The topological polar surface area (TPSA) is 30.7 Å². The molecule has 0 aliphatic carbocycles. The Morgan fingerprint density at radius 3 is 2.69 bits per heavy atom. The summed E-state index contributed by atoms with van der Waals surface area (Å²) in [6, 6.07) is 8.10. The standard InChI is InChI=1S/C13H17N3/c1-10(2)13-8-11(3)16(15-13)9-12-6-4-5-7-14-12/h4-8,10H,9H2,1-3H3. The summed E-state index contributed by atoms with van der Waals surface area (Å²) in [5, 5.41) is 4.58. The zero-order valence-corrected chi connectivity index (χ0v) is 10.0. The van der Waals surface area contributed by atoms with Gasteiger partial charge < -0.3 is 0 Å². The van der Waals surface area contributed by atoms with Gasteiger partial charge in [0.05, 0.1) is 17.9 Å². The number of aryl methyl sites for hydroxylation is 1. The molecule has 0 spiro atoms. The zero-order chi connectivity index (χ0) is 11.5. The van der Waals surface area contributed by atoms with E-state index in [1.807, 2.05) is 29.1 Å². The smallest absolute Gasteiger partial charge is 0.0834 e. The van der Waals surface area contributed by atoms with Gasteiger partial charge in [-0.05, 0) is 31.0 Å². The second-order valence-corrected chi connectivity index (χ2v) is 4.34. The molecule has 2 aromatic rings. The molecule has 0 atom stereocenters. The molecule has 0 unspecified atom stereocenters. The van der Waals surface area contributed by atoms with E-state index < -0.39 is 0 Å². The third-order valence-corrected chi connectivity index (χ3v) is 2.63. The summed E-state index contributed by atoms with van der Waals surface area (Å²) in [5.41, 5.74) is 3.38. The van der Waals surface area contributed by atoms with Gasteiger partial charge in [-0.2, -0.15) is 5.10 Å². The van der Waals surface area contributed by atoms with Crippen molar-refractivity contribution in [2.45, 2.75) is 33.2 Å². The average molecular weight is 215 g/mol. The second-order valence-electron chi connectivity index (χ2n) is 4.34. The maximum Gasteiger partial charge on any atom is 0.0834 e. The van der Waals surface area contributed by atoms with E-state index in [1.165, 1.54) is 5.69 Å². The molecule has 0 bridgehead atoms. The summed E-state index contributed by atoms with van der Waals surface area (Å²) in [7, 11) is 0. The summed E-state index contributed by atoms with van der Waals surface area (Å²) in [6.07, 6.45) is 1.82. The fourth-order valence-corrected chi connectivity index (χ4v) is 1.62. The Balaban J connectivity index is 2.22. The summed E-state index contributed by atoms with van der Waals surface area (Å²) in [5.74, 6) is 0.476. The van der Waals surface area contributed by atoms with Crippen LogP contribution in [0.2, 0.25) is 0 Å². The Morgan fingerprint density at radius 2 is 2.12 bits per heavy atom. The highest BCUT2D eigenvalue weighted by Crippen LogP contribution is 2.14. The van der Waals surface area contributed by atoms with Crippen molar-refractivity contribution in [1.29, 1.82) is 0 Å². The molecule has 0 saturated heterocycles. The van der Waals surface area contributed by atoms with Gasteiger partial charge in [0, 0.05) is 11.9 Å². The Hall–Kier alpha value is -1.64. The van der Waals surface area contributed by atoms with E-state index in [4.69, 9.17) is 0 Å². The lowest BCUT2D eigenvalue weighted by atomic mass is 10.1. The predicted molar refractivity (Wildman–Crippen MR) is 64.4 cm³/mol. The first kappa shape index (κ1) is 10.9. The van der Waals surface area contributed by atoms with Crippen LogP contribution < -0.4 is 0 Å². The lowest BCUT2D eigenvalue weighted by Gasteiger charge is -2.03. The Labute approximate surface area is 96.1 Å². The van der Waals surface area contributed by atoms with Gasteiger partial charge in [0.2, 0.25) is 0 Å². The van der Waals surface area contributed by atoms with Crippen LogP contribution in [0.25, 0.3) is 0 Å². The number of nitrogens with zero attached hydrogens (tertiary/aromatic N) is 3. The van der Waals surface area contributed by atoms with Crippen molar-refractivity contribution >= 4 is 0 Å². The maximum atomic E-state index is 4.58. The summed E-state index contributed by atoms with van der Waals surface area (Å²) < 4.78 is 2.01. The number of rotatable bonds is 3. The second kappa shape index (κ2) is 4.47. The van der Waals surface area contributed by atoms with Crippen molar-refractivity contribution in [2.24, 2.45) is 0 Å². The number of pyridine rings is 1. The maximum absolute atomic E-state index is 4.58. The SMILES string of the molecule is Cc1cc(C(C)C)nn1Cc1ccccn1. The molecular formula is C13H17N3. The molecule has 3 nitrogen and oxygen atoms in total. The average Bonchev–Trinajstić information content (AvgIpc) is 2.62. The molecule has 0 aliphatic heterocycles. The fourth-order valence-electron chi connectivity index (χ4n) is 1.62. The van der Waals surface area contributed by atoms with E-state index in [2.05, 4.69) is 36.9 Å². The van der Waals surface area contributed by atoms with Crippen LogP contribution in [0, 0.1) is 6.92 Å². The molecular weight excluding hydrogens is 198 g/mol. The molecule has 0 aromatic carbocycles. The van der Waals surface area contributed by atoms with E-state index >= 15 is 0 Å². The molecule has 0 N–H and O–H groups in total. The van der Waals surface area contributed by atoms with Crippen molar-refractivity contribution in [1.82, 2.24) is 14.8 Å². The zero-order valence-electron chi connectivity index (χ0n) is 10.0. The minimum absolute atomic E-state index is 0.476. The number of hydrogen-bond donors (Lipinski definition) is 0. The quantitative estimate of drug-likeness (QED) is 0.788. The van der Waals surface area contributed by atoms with Crippen LogP contribution in [-0.2, 0) is 6.54 Å². The van der Waals surface area contributed by atoms with Crippen LogP contribution in [0.5, 0.6) is 0 Å². The Kier molecular flexibility index (Phi) is 3.04. The lowest BCUT2D eigenvalue weighted by molar-refractivity contribution is 0.631. The van der Waals surface area contributed by atoms with Gasteiger partial charge in [-0.15, -0.1) is 0 Å². The monoisotopic (exact) mass is 215 g/mol. The highest BCUT2D eigenvalue weighted by atomic mass is 15.3. The van der Waals surface area contributed by atoms with Crippen molar-refractivity contribution in [2.75, 3.05) is 0 Å². The minimum atomic E-state index is 0.476. The van der Waals surface area contributed by atoms with Crippen LogP contribution in [0.1, 0.15) is 36.8 Å². The molecule has 0 saturated carbocycles. The molecule has 0 aliphatic rings. The normalized spacial score (nSPS) is 11.0. The lowest BCUT2D eigenvalue weighted by Crippen LogP contribution is -2.05. The van der Waals surface area contributed by atoms with Gasteiger partial charge in [0.15, 0.2) is 0 Å². The minimum Gasteiger partial charge on any atom is -0.264 e. The van der Waals surface area contributed by atoms with Crippen molar-refractivity contribution in [3.8, 4) is 0 Å². The molecule has 0 amide bonds. The Bertz CT molecular complexity index is 457. The van der Waals surface area contributed by atoms with E-state index in [9.17, 15) is 0 Å². The Morgan fingerprint density at radius 1 is 1.31 bits per heavy atom. The van der Waals surface area contributed by atoms with Crippen LogP contribution >= 0.6 is 0 Å². The van der Waals surface area contributed by atoms with Crippen molar-refractivity contribution in [3.63, 3.8) is 0 Å². The van der Waals surface area contributed by atoms with Gasteiger partial charge in [-0.25, -0.2) is 0 Å². The van der Waals surface area contributed by atoms with Gasteiger partial charge >= 0.3 is 0 Å². The fraction of sp³-hybridized carbons (Fsp3) is 0.385. The van der Waals surface area contributed by atoms with E-state index in [0.717, 1.165) is 17.9 Å². The van der Waals surface area contributed by atoms with Crippen LogP contribution in [0.3, 0.4) is 0 Å². The molecule has 16 heavy (non-hydrogen) atoms. The number of hydrogen-bond acceptors (Lipinski definition) is 2. The summed E-state index contributed by atoms with van der Waals surface area (Å²) >= 11 is 0. The molecule has 84 valence electrons.